The summed E-state index contributed by atoms with van der Waals surface area (Å²) < 4.78 is 0. The van der Waals surface area contributed by atoms with Gasteiger partial charge in [0.15, 0.2) is 0 Å². The highest BCUT2D eigenvalue weighted by Gasteiger charge is 2.35. The Morgan fingerprint density at radius 1 is 1.73 bits per heavy atom. The van der Waals surface area contributed by atoms with Gasteiger partial charge in [-0.1, -0.05) is 0 Å². The lowest BCUT2D eigenvalue weighted by atomic mass is 10.3. The Labute approximate surface area is 76.3 Å². The smallest absolute Gasteiger partial charge is 0.238 e. The Morgan fingerprint density at radius 3 is 2.73 bits per heavy atom. The Hall–Kier alpha value is 0.110. The summed E-state index contributed by atoms with van der Waals surface area (Å²) in [6, 6.07) is 0. The van der Waals surface area contributed by atoms with E-state index < -0.39 is 0 Å². The van der Waals surface area contributed by atoms with Crippen molar-refractivity contribution in [1.82, 2.24) is 4.90 Å². The number of hydrogen-bond acceptors (Lipinski definition) is 2. The van der Waals surface area contributed by atoms with Crippen LogP contribution in [0.4, 0.5) is 0 Å². The van der Waals surface area contributed by atoms with Gasteiger partial charge in [-0.15, -0.1) is 23.4 Å². The van der Waals surface area contributed by atoms with E-state index in [-0.39, 0.29) is 16.7 Å². The van der Waals surface area contributed by atoms with Crippen molar-refractivity contribution in [3.05, 3.63) is 0 Å². The summed E-state index contributed by atoms with van der Waals surface area (Å²) in [6.07, 6.45) is 0. The molecule has 1 saturated heterocycles. The topological polar surface area (TPSA) is 20.3 Å². The second-order valence-corrected chi connectivity index (χ2v) is 4.94. The Kier molecular flexibility index (Phi) is 2.70. The summed E-state index contributed by atoms with van der Waals surface area (Å²) in [5.41, 5.74) is 0. The van der Waals surface area contributed by atoms with Crippen molar-refractivity contribution < 1.29 is 4.79 Å². The Bertz CT molecular complexity index is 172. The van der Waals surface area contributed by atoms with Crippen molar-refractivity contribution in [2.45, 2.75) is 18.7 Å². The minimum atomic E-state index is -0.0496. The molecule has 1 aliphatic rings. The van der Waals surface area contributed by atoms with Crippen molar-refractivity contribution >= 4 is 29.3 Å². The lowest BCUT2D eigenvalue weighted by Gasteiger charge is -2.29. The SMILES string of the molecule is CC1(C)SCCN1C(=O)CCl. The van der Waals surface area contributed by atoms with Crippen LogP contribution in [0.25, 0.3) is 0 Å². The van der Waals surface area contributed by atoms with Gasteiger partial charge >= 0.3 is 0 Å². The van der Waals surface area contributed by atoms with Gasteiger partial charge in [-0.2, -0.15) is 0 Å². The second kappa shape index (κ2) is 3.23. The Morgan fingerprint density at radius 2 is 2.36 bits per heavy atom. The van der Waals surface area contributed by atoms with Crippen molar-refractivity contribution in [1.29, 1.82) is 0 Å². The molecular formula is C7H12ClNOS. The highest BCUT2D eigenvalue weighted by Crippen LogP contribution is 2.34. The van der Waals surface area contributed by atoms with Crippen LogP contribution in [0, 0.1) is 0 Å². The summed E-state index contributed by atoms with van der Waals surface area (Å²) in [7, 11) is 0. The fraction of sp³-hybridized carbons (Fsp3) is 0.857. The molecule has 2 nitrogen and oxygen atoms in total. The van der Waals surface area contributed by atoms with Crippen molar-refractivity contribution in [2.24, 2.45) is 0 Å². The largest absolute Gasteiger partial charge is 0.327 e. The molecule has 0 aromatic carbocycles. The molecule has 1 heterocycles. The van der Waals surface area contributed by atoms with Gasteiger partial charge < -0.3 is 4.90 Å². The first-order valence-corrected chi connectivity index (χ1v) is 5.10. The van der Waals surface area contributed by atoms with Crippen LogP contribution < -0.4 is 0 Å². The van der Waals surface area contributed by atoms with Gasteiger partial charge in [-0.3, -0.25) is 4.79 Å². The summed E-state index contributed by atoms with van der Waals surface area (Å²) in [6.45, 7) is 4.94. The number of carbonyl (C=O) groups excluding carboxylic acids is 1. The lowest BCUT2D eigenvalue weighted by Crippen LogP contribution is -2.41. The Balaban J connectivity index is 2.64. The minimum Gasteiger partial charge on any atom is -0.327 e. The molecule has 0 spiro atoms. The van der Waals surface area contributed by atoms with Gasteiger partial charge in [0.25, 0.3) is 0 Å². The summed E-state index contributed by atoms with van der Waals surface area (Å²) >= 11 is 7.26. The molecule has 0 saturated carbocycles. The molecule has 11 heavy (non-hydrogen) atoms. The van der Waals surface area contributed by atoms with Crippen LogP contribution in [0.5, 0.6) is 0 Å². The number of thioether (sulfide) groups is 1. The first kappa shape index (κ1) is 9.20. The van der Waals surface area contributed by atoms with Gasteiger partial charge in [0.05, 0.1) is 4.87 Å². The molecule has 0 aromatic rings. The average molecular weight is 194 g/mol. The first-order valence-electron chi connectivity index (χ1n) is 3.58. The number of alkyl halides is 1. The molecule has 0 bridgehead atoms. The predicted molar refractivity (Wildman–Crippen MR) is 49.0 cm³/mol. The van der Waals surface area contributed by atoms with Crippen LogP contribution in [-0.4, -0.2) is 33.9 Å². The minimum absolute atomic E-state index is 0.0432. The third kappa shape index (κ3) is 1.82. The van der Waals surface area contributed by atoms with Gasteiger partial charge in [0.1, 0.15) is 5.88 Å². The number of carbonyl (C=O) groups is 1. The predicted octanol–water partition coefficient (Wildman–Crippen LogP) is 1.54. The molecule has 0 radical (unpaired) electrons. The molecule has 0 N–H and O–H groups in total. The zero-order valence-electron chi connectivity index (χ0n) is 6.76. The van der Waals surface area contributed by atoms with Crippen molar-refractivity contribution in [3.63, 3.8) is 0 Å². The molecule has 0 aliphatic carbocycles. The van der Waals surface area contributed by atoms with Crippen LogP contribution in [0.1, 0.15) is 13.8 Å². The summed E-state index contributed by atoms with van der Waals surface area (Å²) in [5.74, 6) is 1.17. The summed E-state index contributed by atoms with van der Waals surface area (Å²) in [5, 5.41) is 0. The average Bonchev–Trinajstić information content (AvgIpc) is 2.28. The fourth-order valence-electron chi connectivity index (χ4n) is 1.23. The van der Waals surface area contributed by atoms with Crippen molar-refractivity contribution in [3.8, 4) is 0 Å². The van der Waals surface area contributed by atoms with E-state index in [9.17, 15) is 4.79 Å². The third-order valence-corrected chi connectivity index (χ3v) is 3.38. The number of nitrogens with zero attached hydrogens (tertiary/aromatic N) is 1. The van der Waals surface area contributed by atoms with Gasteiger partial charge in [0.2, 0.25) is 5.91 Å². The maximum atomic E-state index is 11.2. The van der Waals surface area contributed by atoms with Gasteiger partial charge in [-0.25, -0.2) is 0 Å². The highest BCUT2D eigenvalue weighted by atomic mass is 35.5. The molecular weight excluding hydrogens is 182 g/mol. The molecule has 0 aromatic heterocycles. The standard InChI is InChI=1S/C7H12ClNOS/c1-7(2)9(3-4-11-7)6(10)5-8/h3-5H2,1-2H3. The van der Waals surface area contributed by atoms with Crippen LogP contribution >= 0.6 is 23.4 Å². The zero-order chi connectivity index (χ0) is 8.48. The first-order chi connectivity index (χ1) is 5.08. The van der Waals surface area contributed by atoms with E-state index in [1.807, 2.05) is 4.90 Å². The van der Waals surface area contributed by atoms with Crippen LogP contribution in [0.15, 0.2) is 0 Å². The molecule has 1 amide bonds. The molecule has 0 atom stereocenters. The number of rotatable bonds is 1. The van der Waals surface area contributed by atoms with E-state index in [4.69, 9.17) is 11.6 Å². The number of hydrogen-bond donors (Lipinski definition) is 0. The maximum absolute atomic E-state index is 11.2. The molecule has 0 unspecified atom stereocenters. The summed E-state index contributed by atoms with van der Waals surface area (Å²) in [4.78, 5) is 13.0. The lowest BCUT2D eigenvalue weighted by molar-refractivity contribution is -0.130. The fourth-order valence-corrected chi connectivity index (χ4v) is 2.50. The molecule has 64 valence electrons. The normalized spacial score (nSPS) is 22.3. The molecule has 1 rings (SSSR count). The maximum Gasteiger partial charge on any atom is 0.238 e. The van der Waals surface area contributed by atoms with Crippen molar-refractivity contribution in [2.75, 3.05) is 18.2 Å². The van der Waals surface area contributed by atoms with Crippen LogP contribution in [-0.2, 0) is 4.79 Å². The van der Waals surface area contributed by atoms with E-state index in [1.165, 1.54) is 0 Å². The van der Waals surface area contributed by atoms with Crippen LogP contribution in [0.3, 0.4) is 0 Å². The molecule has 1 aliphatic heterocycles. The van der Waals surface area contributed by atoms with E-state index in [0.717, 1.165) is 12.3 Å². The van der Waals surface area contributed by atoms with Crippen LogP contribution in [0.2, 0.25) is 0 Å². The zero-order valence-corrected chi connectivity index (χ0v) is 8.34. The third-order valence-electron chi connectivity index (χ3n) is 1.84. The quantitative estimate of drug-likeness (QED) is 0.589. The highest BCUT2D eigenvalue weighted by molar-refractivity contribution is 8.00. The molecule has 1 fully saturated rings. The van der Waals surface area contributed by atoms with E-state index in [0.29, 0.717) is 0 Å². The van der Waals surface area contributed by atoms with E-state index in [1.54, 1.807) is 11.8 Å². The van der Waals surface area contributed by atoms with Gasteiger partial charge in [-0.05, 0) is 13.8 Å². The molecule has 4 heteroatoms. The number of halogens is 1. The van der Waals surface area contributed by atoms with E-state index >= 15 is 0 Å². The second-order valence-electron chi connectivity index (χ2n) is 2.97. The number of amides is 1. The monoisotopic (exact) mass is 193 g/mol. The van der Waals surface area contributed by atoms with Gasteiger partial charge in [0, 0.05) is 12.3 Å². The van der Waals surface area contributed by atoms with E-state index in [2.05, 4.69) is 13.8 Å².